The molecular weight excluding hydrogens is 344 g/mol. The minimum absolute atomic E-state index is 0.0943. The Morgan fingerprint density at radius 3 is 2.19 bits per heavy atom. The first-order chi connectivity index (χ1) is 12.3. The van der Waals surface area contributed by atoms with Crippen LogP contribution in [0, 0.1) is 0 Å². The smallest absolute Gasteiger partial charge is 0.354 e. The van der Waals surface area contributed by atoms with Gasteiger partial charge in [0.25, 0.3) is 0 Å². The van der Waals surface area contributed by atoms with E-state index in [4.69, 9.17) is 5.11 Å². The molecule has 0 heterocycles. The summed E-state index contributed by atoms with van der Waals surface area (Å²) < 4.78 is 9.06. The quantitative estimate of drug-likeness (QED) is 0.448. The first-order valence-corrected chi connectivity index (χ1v) is 7.50. The summed E-state index contributed by atoms with van der Waals surface area (Å²) in [7, 11) is 2.35. The molecule has 1 rings (SSSR count). The van der Waals surface area contributed by atoms with E-state index in [0.717, 1.165) is 6.08 Å². The van der Waals surface area contributed by atoms with Crippen LogP contribution in [0.25, 0.3) is 0 Å². The number of benzene rings is 1. The van der Waals surface area contributed by atoms with Gasteiger partial charge in [-0.3, -0.25) is 4.79 Å². The van der Waals surface area contributed by atoms with E-state index < -0.39 is 29.9 Å². The zero-order chi connectivity index (χ0) is 19.7. The van der Waals surface area contributed by atoms with Crippen molar-refractivity contribution in [3.8, 4) is 0 Å². The zero-order valence-electron chi connectivity index (χ0n) is 14.6. The molecule has 1 aromatic rings. The molecule has 26 heavy (non-hydrogen) atoms. The van der Waals surface area contributed by atoms with E-state index in [1.165, 1.54) is 21.1 Å². The number of esters is 2. The van der Waals surface area contributed by atoms with Gasteiger partial charge in [-0.2, -0.15) is 0 Å². The molecule has 1 atom stereocenters. The van der Waals surface area contributed by atoms with Crippen LogP contribution in [-0.2, 0) is 35.1 Å². The average molecular weight is 364 g/mol. The SMILES string of the molecule is COC(=O)/C=C(/Nc1ccc(CC(NC(C)=O)C(=O)O)cc1)C(=O)OC. The number of methoxy groups -OCH3 is 2. The highest BCUT2D eigenvalue weighted by Gasteiger charge is 2.19. The van der Waals surface area contributed by atoms with Crippen molar-refractivity contribution in [2.45, 2.75) is 19.4 Å². The monoisotopic (exact) mass is 364 g/mol. The summed E-state index contributed by atoms with van der Waals surface area (Å²) in [6.07, 6.45) is 1.05. The van der Waals surface area contributed by atoms with Crippen molar-refractivity contribution in [2.24, 2.45) is 0 Å². The maximum Gasteiger partial charge on any atom is 0.354 e. The van der Waals surface area contributed by atoms with Crippen LogP contribution in [0.15, 0.2) is 36.0 Å². The van der Waals surface area contributed by atoms with Gasteiger partial charge in [-0.1, -0.05) is 12.1 Å². The van der Waals surface area contributed by atoms with Crippen LogP contribution in [0.5, 0.6) is 0 Å². The minimum atomic E-state index is -1.14. The van der Waals surface area contributed by atoms with Crippen LogP contribution in [0.2, 0.25) is 0 Å². The normalized spacial score (nSPS) is 11.9. The molecule has 0 spiro atoms. The molecule has 0 aliphatic heterocycles. The molecule has 1 unspecified atom stereocenters. The number of hydrogen-bond acceptors (Lipinski definition) is 7. The van der Waals surface area contributed by atoms with Gasteiger partial charge >= 0.3 is 17.9 Å². The molecule has 0 bridgehead atoms. The topological polar surface area (TPSA) is 131 Å². The molecule has 0 aromatic heterocycles. The number of carboxylic acids is 1. The van der Waals surface area contributed by atoms with Crippen molar-refractivity contribution in [3.05, 3.63) is 41.6 Å². The molecule has 3 N–H and O–H groups in total. The summed E-state index contributed by atoms with van der Waals surface area (Å²) >= 11 is 0. The van der Waals surface area contributed by atoms with Gasteiger partial charge in [0, 0.05) is 19.0 Å². The Kier molecular flexibility index (Phi) is 7.81. The van der Waals surface area contributed by atoms with Gasteiger partial charge in [-0.05, 0) is 17.7 Å². The Morgan fingerprint density at radius 1 is 1.12 bits per heavy atom. The van der Waals surface area contributed by atoms with Crippen LogP contribution in [-0.4, -0.2) is 49.2 Å². The molecule has 9 nitrogen and oxygen atoms in total. The van der Waals surface area contributed by atoms with Crippen molar-refractivity contribution < 1.29 is 33.8 Å². The number of anilines is 1. The Morgan fingerprint density at radius 2 is 1.73 bits per heavy atom. The summed E-state index contributed by atoms with van der Waals surface area (Å²) in [6, 6.07) is 5.41. The van der Waals surface area contributed by atoms with E-state index in [9.17, 15) is 19.2 Å². The lowest BCUT2D eigenvalue weighted by atomic mass is 10.1. The van der Waals surface area contributed by atoms with Crippen LogP contribution >= 0.6 is 0 Å². The molecule has 0 fully saturated rings. The van der Waals surface area contributed by atoms with Gasteiger partial charge in [0.05, 0.1) is 20.3 Å². The highest BCUT2D eigenvalue weighted by atomic mass is 16.5. The van der Waals surface area contributed by atoms with Gasteiger partial charge in [0.1, 0.15) is 11.7 Å². The predicted molar refractivity (Wildman–Crippen MR) is 91.1 cm³/mol. The number of ether oxygens (including phenoxy) is 2. The third-order valence-corrected chi connectivity index (χ3v) is 3.22. The Hall–Kier alpha value is -3.36. The Bertz CT molecular complexity index is 710. The summed E-state index contributed by atoms with van der Waals surface area (Å²) in [5.41, 5.74) is 1.02. The fourth-order valence-electron chi connectivity index (χ4n) is 1.99. The summed E-state index contributed by atoms with van der Waals surface area (Å²) in [5, 5.41) is 14.2. The highest BCUT2D eigenvalue weighted by Crippen LogP contribution is 2.14. The van der Waals surface area contributed by atoms with E-state index in [0.29, 0.717) is 11.3 Å². The zero-order valence-corrected chi connectivity index (χ0v) is 14.6. The molecule has 0 aliphatic carbocycles. The van der Waals surface area contributed by atoms with Gasteiger partial charge in [-0.15, -0.1) is 0 Å². The van der Waals surface area contributed by atoms with Crippen molar-refractivity contribution in [1.29, 1.82) is 0 Å². The van der Waals surface area contributed by atoms with Crippen LogP contribution < -0.4 is 10.6 Å². The number of carboxylic acid groups (broad SMARTS) is 1. The van der Waals surface area contributed by atoms with E-state index in [2.05, 4.69) is 20.1 Å². The fourth-order valence-corrected chi connectivity index (χ4v) is 1.99. The van der Waals surface area contributed by atoms with Crippen molar-refractivity contribution in [3.63, 3.8) is 0 Å². The predicted octanol–water partition coefficient (Wildman–Crippen LogP) is 0.460. The van der Waals surface area contributed by atoms with Crippen molar-refractivity contribution in [2.75, 3.05) is 19.5 Å². The third-order valence-electron chi connectivity index (χ3n) is 3.22. The minimum Gasteiger partial charge on any atom is -0.480 e. The molecule has 140 valence electrons. The van der Waals surface area contributed by atoms with Crippen LogP contribution in [0.3, 0.4) is 0 Å². The molecule has 0 radical (unpaired) electrons. The maximum absolute atomic E-state index is 11.7. The number of carbonyl (C=O) groups is 4. The lowest BCUT2D eigenvalue weighted by Crippen LogP contribution is -2.41. The average Bonchev–Trinajstić information content (AvgIpc) is 2.60. The molecule has 1 aromatic carbocycles. The van der Waals surface area contributed by atoms with E-state index >= 15 is 0 Å². The third kappa shape index (κ3) is 6.63. The van der Waals surface area contributed by atoms with E-state index in [-0.39, 0.29) is 12.1 Å². The van der Waals surface area contributed by atoms with Gasteiger partial charge in [0.15, 0.2) is 0 Å². The molecule has 0 saturated heterocycles. The molecule has 9 heteroatoms. The second kappa shape index (κ2) is 9.82. The first-order valence-electron chi connectivity index (χ1n) is 7.50. The van der Waals surface area contributed by atoms with E-state index in [1.54, 1.807) is 24.3 Å². The van der Waals surface area contributed by atoms with Crippen LogP contribution in [0.1, 0.15) is 12.5 Å². The number of carbonyl (C=O) groups excluding carboxylic acids is 3. The maximum atomic E-state index is 11.7. The van der Waals surface area contributed by atoms with Crippen molar-refractivity contribution in [1.82, 2.24) is 5.32 Å². The molecule has 0 aliphatic rings. The van der Waals surface area contributed by atoms with Gasteiger partial charge < -0.3 is 25.2 Å². The second-order valence-corrected chi connectivity index (χ2v) is 5.19. The first kappa shape index (κ1) is 20.7. The lowest BCUT2D eigenvalue weighted by molar-refractivity contribution is -0.141. The number of amides is 1. The summed E-state index contributed by atoms with van der Waals surface area (Å²) in [6.45, 7) is 1.24. The van der Waals surface area contributed by atoms with E-state index in [1.807, 2.05) is 0 Å². The number of rotatable bonds is 8. The molecule has 0 saturated carbocycles. The number of nitrogens with one attached hydrogen (secondary N) is 2. The second-order valence-electron chi connectivity index (χ2n) is 5.19. The summed E-state index contributed by atoms with van der Waals surface area (Å²) in [4.78, 5) is 45.2. The van der Waals surface area contributed by atoms with Crippen LogP contribution in [0.4, 0.5) is 5.69 Å². The Labute approximate surface area is 150 Å². The lowest BCUT2D eigenvalue weighted by Gasteiger charge is -2.14. The number of hydrogen-bond donors (Lipinski definition) is 3. The summed E-state index contributed by atoms with van der Waals surface area (Å²) in [5.74, 6) is -3.06. The Balaban J connectivity index is 2.89. The molecule has 1 amide bonds. The molecular formula is C17H20N2O7. The van der Waals surface area contributed by atoms with Gasteiger partial charge in [0.2, 0.25) is 5.91 Å². The number of aliphatic carboxylic acids is 1. The van der Waals surface area contributed by atoms with Crippen molar-refractivity contribution >= 4 is 29.5 Å². The largest absolute Gasteiger partial charge is 0.480 e. The van der Waals surface area contributed by atoms with Gasteiger partial charge in [-0.25, -0.2) is 14.4 Å². The fraction of sp³-hybridized carbons (Fsp3) is 0.294. The highest BCUT2D eigenvalue weighted by molar-refractivity contribution is 5.98. The standard InChI is InChI=1S/C17H20N2O7/c1-10(20)18-13(16(22)23)8-11-4-6-12(7-5-11)19-14(17(24)26-3)9-15(21)25-2/h4-7,9,13,19H,8H2,1-3H3,(H,18,20)(H,22,23)/b14-9+.